The molecule has 0 radical (unpaired) electrons. The van der Waals surface area contributed by atoms with Crippen LogP contribution in [0.5, 0.6) is 0 Å². The summed E-state index contributed by atoms with van der Waals surface area (Å²) in [5, 5.41) is 0.0865. The zero-order valence-electron chi connectivity index (χ0n) is 10.3. The number of hydrogen-bond donors (Lipinski definition) is 1. The van der Waals surface area contributed by atoms with Crippen molar-refractivity contribution >= 4 is 33.0 Å². The Kier molecular flexibility index (Phi) is 4.01. The van der Waals surface area contributed by atoms with Gasteiger partial charge in [-0.05, 0) is 31.0 Å². The van der Waals surface area contributed by atoms with Crippen molar-refractivity contribution in [3.8, 4) is 0 Å². The van der Waals surface area contributed by atoms with Crippen LogP contribution in [0.15, 0.2) is 23.1 Å². The van der Waals surface area contributed by atoms with Crippen molar-refractivity contribution in [1.82, 2.24) is 4.90 Å². The van der Waals surface area contributed by atoms with E-state index in [1.54, 1.807) is 4.90 Å². The first-order valence-electron chi connectivity index (χ1n) is 5.96. The van der Waals surface area contributed by atoms with Gasteiger partial charge in [0.15, 0.2) is 9.84 Å². The number of benzene rings is 1. The molecule has 1 aromatic rings. The summed E-state index contributed by atoms with van der Waals surface area (Å²) >= 11 is 5.86. The van der Waals surface area contributed by atoms with Crippen LogP contribution in [0.25, 0.3) is 0 Å². The largest absolute Gasteiger partial charge is 0.399 e. The Morgan fingerprint density at radius 3 is 2.58 bits per heavy atom. The Hall–Kier alpha value is -1.27. The van der Waals surface area contributed by atoms with Gasteiger partial charge in [0.1, 0.15) is 5.75 Å². The van der Waals surface area contributed by atoms with Crippen molar-refractivity contribution in [2.45, 2.75) is 17.7 Å². The second kappa shape index (κ2) is 5.38. The number of nitrogen functional groups attached to an aromatic ring is 1. The summed E-state index contributed by atoms with van der Waals surface area (Å²) in [6, 6.07) is 4.22. The molecule has 1 amide bonds. The highest BCUT2D eigenvalue weighted by molar-refractivity contribution is 7.92. The van der Waals surface area contributed by atoms with Gasteiger partial charge in [0, 0.05) is 18.8 Å². The maximum Gasteiger partial charge on any atom is 0.238 e. The molecule has 1 heterocycles. The summed E-state index contributed by atoms with van der Waals surface area (Å²) in [5.74, 6) is -0.938. The maximum absolute atomic E-state index is 12.2. The number of rotatable bonds is 3. The summed E-state index contributed by atoms with van der Waals surface area (Å²) < 4.78 is 24.4. The lowest BCUT2D eigenvalue weighted by Crippen LogP contribution is -2.33. The molecule has 0 aliphatic carbocycles. The van der Waals surface area contributed by atoms with Gasteiger partial charge in [0.25, 0.3) is 0 Å². The minimum absolute atomic E-state index is 0.0817. The molecule has 0 spiro atoms. The number of hydrogen-bond acceptors (Lipinski definition) is 4. The number of nitrogens with two attached hydrogens (primary N) is 1. The van der Waals surface area contributed by atoms with Crippen LogP contribution in [-0.2, 0) is 14.6 Å². The van der Waals surface area contributed by atoms with Crippen molar-refractivity contribution < 1.29 is 13.2 Å². The molecule has 1 aliphatic heterocycles. The fourth-order valence-electron chi connectivity index (χ4n) is 2.06. The number of sulfone groups is 1. The molecule has 0 unspecified atom stereocenters. The van der Waals surface area contributed by atoms with Gasteiger partial charge in [-0.1, -0.05) is 11.6 Å². The van der Waals surface area contributed by atoms with Gasteiger partial charge < -0.3 is 10.6 Å². The number of carbonyl (C=O) groups excluding carboxylic acids is 1. The Bertz CT molecular complexity index is 595. The summed E-state index contributed by atoms with van der Waals surface area (Å²) in [4.78, 5) is 13.4. The number of likely N-dealkylation sites (tertiary alicyclic amines) is 1. The third-order valence-corrected chi connectivity index (χ3v) is 5.14. The Morgan fingerprint density at radius 2 is 1.95 bits per heavy atom. The predicted molar refractivity (Wildman–Crippen MR) is 73.7 cm³/mol. The fraction of sp³-hybridized carbons (Fsp3) is 0.417. The van der Waals surface area contributed by atoms with Gasteiger partial charge in [-0.2, -0.15) is 0 Å². The lowest BCUT2D eigenvalue weighted by atomic mass is 10.3. The Morgan fingerprint density at radius 1 is 1.32 bits per heavy atom. The van der Waals surface area contributed by atoms with Crippen LogP contribution in [0.1, 0.15) is 12.8 Å². The topological polar surface area (TPSA) is 80.5 Å². The Labute approximate surface area is 117 Å². The first-order chi connectivity index (χ1) is 8.90. The van der Waals surface area contributed by atoms with Gasteiger partial charge >= 0.3 is 0 Å². The molecule has 1 aliphatic rings. The third-order valence-electron chi connectivity index (χ3n) is 3.06. The second-order valence-corrected chi connectivity index (χ2v) is 6.90. The monoisotopic (exact) mass is 302 g/mol. The average molecular weight is 303 g/mol. The van der Waals surface area contributed by atoms with E-state index in [4.69, 9.17) is 17.3 Å². The van der Waals surface area contributed by atoms with E-state index < -0.39 is 15.6 Å². The highest BCUT2D eigenvalue weighted by Crippen LogP contribution is 2.25. The van der Waals surface area contributed by atoms with Crippen LogP contribution in [0.3, 0.4) is 0 Å². The van der Waals surface area contributed by atoms with E-state index in [-0.39, 0.29) is 15.8 Å². The van der Waals surface area contributed by atoms with E-state index in [1.165, 1.54) is 18.2 Å². The molecule has 1 fully saturated rings. The average Bonchev–Trinajstić information content (AvgIpc) is 2.85. The first-order valence-corrected chi connectivity index (χ1v) is 7.99. The fourth-order valence-corrected chi connectivity index (χ4v) is 3.87. The normalized spacial score (nSPS) is 15.7. The summed E-state index contributed by atoms with van der Waals surface area (Å²) in [5.41, 5.74) is 5.86. The quantitative estimate of drug-likeness (QED) is 0.854. The number of halogens is 1. The number of amides is 1. The second-order valence-electron chi connectivity index (χ2n) is 4.54. The summed E-state index contributed by atoms with van der Waals surface area (Å²) in [6.07, 6.45) is 1.84. The molecule has 0 bridgehead atoms. The molecular formula is C12H15ClN2O3S. The zero-order valence-corrected chi connectivity index (χ0v) is 11.9. The van der Waals surface area contributed by atoms with Crippen LogP contribution in [0.4, 0.5) is 5.69 Å². The van der Waals surface area contributed by atoms with Gasteiger partial charge in [-0.25, -0.2) is 8.42 Å². The molecule has 7 heteroatoms. The molecule has 0 aromatic heterocycles. The molecule has 1 saturated heterocycles. The Balaban J connectivity index is 2.22. The lowest BCUT2D eigenvalue weighted by Gasteiger charge is -2.15. The molecule has 19 heavy (non-hydrogen) atoms. The smallest absolute Gasteiger partial charge is 0.238 e. The van der Waals surface area contributed by atoms with Crippen LogP contribution >= 0.6 is 11.6 Å². The highest BCUT2D eigenvalue weighted by Gasteiger charge is 2.26. The number of carbonyl (C=O) groups is 1. The van der Waals surface area contributed by atoms with E-state index >= 15 is 0 Å². The maximum atomic E-state index is 12.2. The zero-order chi connectivity index (χ0) is 14.0. The minimum Gasteiger partial charge on any atom is -0.399 e. The van der Waals surface area contributed by atoms with E-state index in [2.05, 4.69) is 0 Å². The third kappa shape index (κ3) is 3.19. The standard InChI is InChI=1S/C12H15ClN2O3S/c13-10-4-3-9(14)7-11(10)19(17,18)8-12(16)15-5-1-2-6-15/h3-4,7H,1-2,5-6,8,14H2. The lowest BCUT2D eigenvalue weighted by molar-refractivity contribution is -0.127. The van der Waals surface area contributed by atoms with E-state index in [1.807, 2.05) is 0 Å². The molecule has 0 saturated carbocycles. The summed E-state index contributed by atoms with van der Waals surface area (Å²) in [6.45, 7) is 1.25. The van der Waals surface area contributed by atoms with Crippen molar-refractivity contribution in [3.63, 3.8) is 0 Å². The van der Waals surface area contributed by atoms with E-state index in [0.29, 0.717) is 18.8 Å². The molecule has 0 atom stereocenters. The van der Waals surface area contributed by atoms with Gasteiger partial charge in [0.2, 0.25) is 5.91 Å². The summed E-state index contributed by atoms with van der Waals surface area (Å²) in [7, 11) is -3.75. The van der Waals surface area contributed by atoms with Crippen LogP contribution in [0.2, 0.25) is 5.02 Å². The molecule has 1 aromatic carbocycles. The van der Waals surface area contributed by atoms with Crippen molar-refractivity contribution in [3.05, 3.63) is 23.2 Å². The van der Waals surface area contributed by atoms with E-state index in [0.717, 1.165) is 12.8 Å². The molecule has 2 N–H and O–H groups in total. The predicted octanol–water partition coefficient (Wildman–Crippen LogP) is 1.32. The van der Waals surface area contributed by atoms with Crippen molar-refractivity contribution in [1.29, 1.82) is 0 Å². The SMILES string of the molecule is Nc1ccc(Cl)c(S(=O)(=O)CC(=O)N2CCCC2)c1. The first kappa shape index (κ1) is 14.1. The van der Waals surface area contributed by atoms with Crippen molar-refractivity contribution in [2.24, 2.45) is 0 Å². The number of anilines is 1. The van der Waals surface area contributed by atoms with E-state index in [9.17, 15) is 13.2 Å². The highest BCUT2D eigenvalue weighted by atomic mass is 35.5. The molecular weight excluding hydrogens is 288 g/mol. The molecule has 5 nitrogen and oxygen atoms in total. The van der Waals surface area contributed by atoms with Crippen LogP contribution in [0, 0.1) is 0 Å². The molecule has 2 rings (SSSR count). The van der Waals surface area contributed by atoms with Crippen LogP contribution in [-0.4, -0.2) is 38.1 Å². The molecule has 104 valence electrons. The van der Waals surface area contributed by atoms with Crippen molar-refractivity contribution in [2.75, 3.05) is 24.6 Å². The van der Waals surface area contributed by atoms with Gasteiger partial charge in [-0.3, -0.25) is 4.79 Å². The number of nitrogens with zero attached hydrogens (tertiary/aromatic N) is 1. The minimum atomic E-state index is -3.75. The van der Waals surface area contributed by atoms with Crippen LogP contribution < -0.4 is 5.73 Å². The van der Waals surface area contributed by atoms with Gasteiger partial charge in [-0.15, -0.1) is 0 Å². The van der Waals surface area contributed by atoms with Gasteiger partial charge in [0.05, 0.1) is 9.92 Å².